The van der Waals surface area contributed by atoms with Gasteiger partial charge in [-0.15, -0.1) is 0 Å². The summed E-state index contributed by atoms with van der Waals surface area (Å²) < 4.78 is 0. The molecule has 0 aliphatic heterocycles. The van der Waals surface area contributed by atoms with Crippen LogP contribution in [0.4, 0.5) is 34.1 Å². The fourth-order valence-electron chi connectivity index (χ4n) is 7.91. The highest BCUT2D eigenvalue weighted by Gasteiger charge is 2.23. The minimum absolute atomic E-state index is 0.0660. The number of rotatable bonds is 13. The van der Waals surface area contributed by atoms with E-state index in [1.54, 1.807) is 31.2 Å². The van der Waals surface area contributed by atoms with Crippen molar-refractivity contribution in [2.45, 2.75) is 19.7 Å². The van der Waals surface area contributed by atoms with Gasteiger partial charge < -0.3 is 45.5 Å². The van der Waals surface area contributed by atoms with Gasteiger partial charge in [0.2, 0.25) is 5.75 Å². The lowest BCUT2D eigenvalue weighted by Crippen LogP contribution is -2.10. The summed E-state index contributed by atoms with van der Waals surface area (Å²) in [5.41, 5.74) is 9.98. The maximum atomic E-state index is 10.7. The van der Waals surface area contributed by atoms with E-state index in [-0.39, 0.29) is 29.6 Å². The van der Waals surface area contributed by atoms with Crippen molar-refractivity contribution in [3.05, 3.63) is 205 Å². The summed E-state index contributed by atoms with van der Waals surface area (Å²) in [5, 5.41) is 73.0. The van der Waals surface area contributed by atoms with Gasteiger partial charge in [0.1, 0.15) is 25.1 Å². The molecule has 0 aromatic heterocycles. The van der Waals surface area contributed by atoms with E-state index in [4.69, 9.17) is 15.7 Å². The largest absolute Gasteiger partial charge is 0.512 e. The van der Waals surface area contributed by atoms with E-state index >= 15 is 0 Å². The standard InChI is InChI=1S/C55H44B2N2O7/c1-2-46(60)48(51(62)47(61)33-56)38-21-29-44(30-22-38)58(40-9-5-3-6-10-40)42-25-17-36(18-26-42)34-13-15-35(16-14-34)37-19-27-43(28-20-37)59(41-11-7-4-8-12-41)45-31-23-39(24-32-45)49-52(63)50(57)54(65)55(66)53(49)64/h3-32,60-66H,2,33H2,1H3/b48-46+,51-47-. The van der Waals surface area contributed by atoms with Gasteiger partial charge in [-0.05, 0) is 118 Å². The normalized spacial score (nSPS) is 12.0. The molecule has 0 aliphatic carbocycles. The lowest BCUT2D eigenvalue weighted by molar-refractivity contribution is 0.336. The van der Waals surface area contributed by atoms with Crippen LogP contribution in [0.25, 0.3) is 39.0 Å². The van der Waals surface area contributed by atoms with E-state index in [0.29, 0.717) is 11.1 Å². The Morgan fingerprint density at radius 3 is 1.14 bits per heavy atom. The molecule has 0 saturated carbocycles. The molecule has 0 unspecified atom stereocenters. The Hall–Kier alpha value is -8.43. The zero-order valence-electron chi connectivity index (χ0n) is 35.9. The first-order chi connectivity index (χ1) is 32.0. The summed E-state index contributed by atoms with van der Waals surface area (Å²) >= 11 is 0. The average Bonchev–Trinajstić information content (AvgIpc) is 3.37. The van der Waals surface area contributed by atoms with Gasteiger partial charge in [-0.1, -0.05) is 116 Å². The molecule has 0 spiro atoms. The van der Waals surface area contributed by atoms with Gasteiger partial charge >= 0.3 is 0 Å². The predicted molar refractivity (Wildman–Crippen MR) is 267 cm³/mol. The smallest absolute Gasteiger partial charge is 0.200 e. The molecule has 9 nitrogen and oxygen atoms in total. The Morgan fingerprint density at radius 1 is 0.409 bits per heavy atom. The number of para-hydroxylation sites is 2. The summed E-state index contributed by atoms with van der Waals surface area (Å²) in [6, 6.07) is 59.2. The number of anilines is 6. The van der Waals surface area contributed by atoms with Crippen molar-refractivity contribution in [2.24, 2.45) is 0 Å². The number of nitrogens with zero attached hydrogens (tertiary/aromatic N) is 2. The second kappa shape index (κ2) is 19.1. The Balaban J connectivity index is 1.03. The summed E-state index contributed by atoms with van der Waals surface area (Å²) in [4.78, 5) is 4.19. The summed E-state index contributed by atoms with van der Waals surface area (Å²) in [7, 11) is 11.4. The molecule has 7 N–H and O–H groups in total. The Bertz CT molecular complexity index is 3000. The van der Waals surface area contributed by atoms with Gasteiger partial charge in [-0.2, -0.15) is 0 Å². The molecule has 0 bridgehead atoms. The van der Waals surface area contributed by atoms with Gasteiger partial charge in [0.15, 0.2) is 17.3 Å². The van der Waals surface area contributed by atoms with Gasteiger partial charge in [0, 0.05) is 40.5 Å². The van der Waals surface area contributed by atoms with Gasteiger partial charge in [0.05, 0.1) is 19.0 Å². The second-order valence-electron chi connectivity index (χ2n) is 15.5. The van der Waals surface area contributed by atoms with E-state index in [2.05, 4.69) is 70.5 Å². The van der Waals surface area contributed by atoms with Crippen LogP contribution in [0.1, 0.15) is 18.9 Å². The molecule has 4 radical (unpaired) electrons. The highest BCUT2D eigenvalue weighted by atomic mass is 16.3. The molecule has 8 rings (SSSR count). The van der Waals surface area contributed by atoms with Gasteiger partial charge in [-0.3, -0.25) is 0 Å². The maximum Gasteiger partial charge on any atom is 0.200 e. The number of aliphatic hydroxyl groups excluding tert-OH is 3. The van der Waals surface area contributed by atoms with E-state index < -0.39 is 40.0 Å². The zero-order chi connectivity index (χ0) is 46.5. The van der Waals surface area contributed by atoms with E-state index in [0.717, 1.165) is 56.4 Å². The minimum atomic E-state index is -0.811. The number of hydrogen-bond acceptors (Lipinski definition) is 9. The Labute approximate surface area is 385 Å². The summed E-state index contributed by atoms with van der Waals surface area (Å²) in [6.07, 6.45) is -0.0170. The van der Waals surface area contributed by atoms with Crippen LogP contribution < -0.4 is 15.3 Å². The van der Waals surface area contributed by atoms with Crippen LogP contribution in [-0.4, -0.2) is 51.4 Å². The topological polar surface area (TPSA) is 148 Å². The Kier molecular flexibility index (Phi) is 12.8. The zero-order valence-corrected chi connectivity index (χ0v) is 35.9. The number of aromatic hydroxyl groups is 4. The molecule has 0 amide bonds. The molecule has 0 heterocycles. The molecule has 8 aromatic carbocycles. The van der Waals surface area contributed by atoms with Gasteiger partial charge in [-0.25, -0.2) is 0 Å². The number of allylic oxidation sites excluding steroid dienone is 3. The molecule has 0 aliphatic rings. The fourth-order valence-corrected chi connectivity index (χ4v) is 7.91. The lowest BCUT2D eigenvalue weighted by atomic mass is 9.88. The molecule has 66 heavy (non-hydrogen) atoms. The molecular weight excluding hydrogens is 822 g/mol. The van der Waals surface area contributed by atoms with Crippen LogP contribution in [-0.2, 0) is 0 Å². The molecule has 0 atom stereocenters. The van der Waals surface area contributed by atoms with Crippen molar-refractivity contribution >= 4 is 60.9 Å². The maximum absolute atomic E-state index is 10.7. The van der Waals surface area contributed by atoms with Gasteiger partial charge in [0.25, 0.3) is 0 Å². The van der Waals surface area contributed by atoms with Crippen molar-refractivity contribution in [3.8, 4) is 56.4 Å². The highest BCUT2D eigenvalue weighted by Crippen LogP contribution is 2.47. The Morgan fingerprint density at radius 2 is 0.758 bits per heavy atom. The molecule has 322 valence electrons. The monoisotopic (exact) mass is 866 g/mol. The highest BCUT2D eigenvalue weighted by molar-refractivity contribution is 6.37. The number of phenolic OH excluding ortho intramolecular Hbond substituents is 4. The first-order valence-electron chi connectivity index (χ1n) is 21.2. The van der Waals surface area contributed by atoms with Crippen LogP contribution in [0.3, 0.4) is 0 Å². The van der Waals surface area contributed by atoms with E-state index in [1.807, 2.05) is 97.1 Å². The first-order valence-corrected chi connectivity index (χ1v) is 21.2. The second-order valence-corrected chi connectivity index (χ2v) is 15.5. The lowest BCUT2D eigenvalue weighted by Gasteiger charge is -2.26. The summed E-state index contributed by atoms with van der Waals surface area (Å²) in [6.45, 7) is 1.76. The van der Waals surface area contributed by atoms with E-state index in [1.165, 1.54) is 0 Å². The fraction of sp³-hybridized carbons (Fsp3) is 0.0545. The average molecular weight is 867 g/mol. The third-order valence-corrected chi connectivity index (χ3v) is 11.4. The number of benzene rings is 8. The predicted octanol–water partition coefficient (Wildman–Crippen LogP) is 12.8. The van der Waals surface area contributed by atoms with Crippen LogP contribution >= 0.6 is 0 Å². The number of phenols is 4. The van der Waals surface area contributed by atoms with Crippen LogP contribution in [0.5, 0.6) is 23.0 Å². The van der Waals surface area contributed by atoms with E-state index in [9.17, 15) is 35.7 Å². The van der Waals surface area contributed by atoms with Crippen LogP contribution in [0.15, 0.2) is 199 Å². The van der Waals surface area contributed by atoms with Crippen LogP contribution in [0, 0.1) is 0 Å². The SMILES string of the molecule is [B]C/C(O)=C(O)\C(=C(\O)CC)c1ccc(N(c2ccccc2)c2ccc(-c3ccc(-c4ccc(N(c5ccccc5)c5ccc(-c6c(O)c([B])c(O)c(O)c6O)cc5)cc4)cc3)cc2)cc1. The van der Waals surface area contributed by atoms with Crippen molar-refractivity contribution < 1.29 is 35.7 Å². The minimum Gasteiger partial charge on any atom is -0.512 e. The third kappa shape index (κ3) is 8.74. The third-order valence-electron chi connectivity index (χ3n) is 11.4. The van der Waals surface area contributed by atoms with Crippen molar-refractivity contribution in [2.75, 3.05) is 9.80 Å². The van der Waals surface area contributed by atoms with Crippen molar-refractivity contribution in [3.63, 3.8) is 0 Å². The number of aliphatic hydroxyl groups is 3. The van der Waals surface area contributed by atoms with Crippen molar-refractivity contribution in [1.29, 1.82) is 0 Å². The summed E-state index contributed by atoms with van der Waals surface area (Å²) in [5.74, 6) is -3.74. The molecule has 0 fully saturated rings. The molecule has 11 heteroatoms. The quantitative estimate of drug-likeness (QED) is 0.0198. The number of hydrogen-bond donors (Lipinski definition) is 7. The molecular formula is C55H44B2N2O7. The van der Waals surface area contributed by atoms with Crippen molar-refractivity contribution in [1.82, 2.24) is 0 Å². The first kappa shape index (κ1) is 44.2. The molecule has 0 saturated heterocycles. The van der Waals surface area contributed by atoms with Crippen LogP contribution in [0.2, 0.25) is 6.32 Å². The molecule has 8 aromatic rings.